The highest BCUT2D eigenvalue weighted by Crippen LogP contribution is 2.13. The molecule has 0 fully saturated rings. The Morgan fingerprint density at radius 1 is 1.28 bits per heavy atom. The second-order valence-corrected chi connectivity index (χ2v) is 5.18. The standard InChI is InChI=1S/C13H20Cl2O3/c1-3-5-6-10(4-2)9-18-13(17)8-11(16)7-12(14)15/h7,10H,3-6,8-9H2,1-2H3. The lowest BCUT2D eigenvalue weighted by molar-refractivity contribution is -0.146. The van der Waals surface area contributed by atoms with Crippen molar-refractivity contribution >= 4 is 35.0 Å². The maximum absolute atomic E-state index is 11.4. The molecule has 0 spiro atoms. The van der Waals surface area contributed by atoms with E-state index in [2.05, 4.69) is 13.8 Å². The van der Waals surface area contributed by atoms with Crippen LogP contribution in [0.3, 0.4) is 0 Å². The molecule has 104 valence electrons. The van der Waals surface area contributed by atoms with Crippen LogP contribution >= 0.6 is 23.2 Å². The van der Waals surface area contributed by atoms with E-state index in [4.69, 9.17) is 27.9 Å². The van der Waals surface area contributed by atoms with Gasteiger partial charge in [0.1, 0.15) is 10.9 Å². The number of carbonyl (C=O) groups excluding carboxylic acids is 2. The van der Waals surface area contributed by atoms with Crippen LogP contribution in [0.25, 0.3) is 0 Å². The molecule has 0 rings (SSSR count). The molecular weight excluding hydrogens is 275 g/mol. The fourth-order valence-electron chi connectivity index (χ4n) is 1.47. The predicted octanol–water partition coefficient (Wildman–Crippen LogP) is 4.02. The number of ketones is 1. The average molecular weight is 295 g/mol. The van der Waals surface area contributed by atoms with Crippen LogP contribution in [-0.2, 0) is 14.3 Å². The Morgan fingerprint density at radius 3 is 2.44 bits per heavy atom. The number of ether oxygens (including phenoxy) is 1. The smallest absolute Gasteiger partial charge is 0.313 e. The van der Waals surface area contributed by atoms with Gasteiger partial charge in [-0.2, -0.15) is 0 Å². The molecule has 0 saturated carbocycles. The lowest BCUT2D eigenvalue weighted by Gasteiger charge is -2.14. The molecule has 0 aromatic heterocycles. The maximum Gasteiger partial charge on any atom is 0.313 e. The molecule has 5 heteroatoms. The van der Waals surface area contributed by atoms with Gasteiger partial charge < -0.3 is 4.74 Å². The summed E-state index contributed by atoms with van der Waals surface area (Å²) in [5.74, 6) is -0.599. The Hall–Kier alpha value is -0.540. The van der Waals surface area contributed by atoms with Gasteiger partial charge in [-0.15, -0.1) is 0 Å². The highest BCUT2D eigenvalue weighted by atomic mass is 35.5. The van der Waals surface area contributed by atoms with E-state index < -0.39 is 11.8 Å². The van der Waals surface area contributed by atoms with Crippen LogP contribution in [0.5, 0.6) is 0 Å². The number of rotatable bonds is 9. The molecule has 1 atom stereocenters. The molecule has 0 radical (unpaired) electrons. The van der Waals surface area contributed by atoms with E-state index in [1.165, 1.54) is 0 Å². The van der Waals surface area contributed by atoms with Crippen molar-refractivity contribution in [1.29, 1.82) is 0 Å². The molecule has 0 amide bonds. The molecule has 0 aromatic rings. The summed E-state index contributed by atoms with van der Waals surface area (Å²) in [6, 6.07) is 0. The molecular formula is C13H20Cl2O3. The first kappa shape index (κ1) is 17.5. The highest BCUT2D eigenvalue weighted by molar-refractivity contribution is 6.56. The first-order chi connectivity index (χ1) is 8.49. The number of hydrogen-bond acceptors (Lipinski definition) is 3. The van der Waals surface area contributed by atoms with Crippen molar-refractivity contribution in [2.24, 2.45) is 5.92 Å². The second-order valence-electron chi connectivity index (χ2n) is 4.18. The third-order valence-corrected chi connectivity index (χ3v) is 2.83. The Labute approximate surface area is 118 Å². The normalized spacial score (nSPS) is 11.8. The van der Waals surface area contributed by atoms with Crippen molar-refractivity contribution in [2.75, 3.05) is 6.61 Å². The summed E-state index contributed by atoms with van der Waals surface area (Å²) >= 11 is 10.6. The van der Waals surface area contributed by atoms with E-state index in [1.807, 2.05) is 0 Å². The van der Waals surface area contributed by atoms with Crippen LogP contribution in [0.4, 0.5) is 0 Å². The minimum absolute atomic E-state index is 0.151. The van der Waals surface area contributed by atoms with Gasteiger partial charge in [-0.1, -0.05) is 56.3 Å². The summed E-state index contributed by atoms with van der Waals surface area (Å²) in [6.45, 7) is 4.57. The zero-order valence-electron chi connectivity index (χ0n) is 10.9. The summed E-state index contributed by atoms with van der Waals surface area (Å²) in [5, 5.41) is 0. The Balaban J connectivity index is 3.94. The lowest BCUT2D eigenvalue weighted by atomic mass is 10.0. The SMILES string of the molecule is CCCCC(CC)COC(=O)CC(=O)C=C(Cl)Cl. The quantitative estimate of drug-likeness (QED) is 0.366. The molecule has 0 aliphatic carbocycles. The molecule has 0 bridgehead atoms. The summed E-state index contributed by atoms with van der Waals surface area (Å²) in [6.07, 6.45) is 4.96. The number of unbranched alkanes of at least 4 members (excludes halogenated alkanes) is 1. The lowest BCUT2D eigenvalue weighted by Crippen LogP contribution is -2.16. The van der Waals surface area contributed by atoms with Crippen molar-refractivity contribution in [1.82, 2.24) is 0 Å². The van der Waals surface area contributed by atoms with Gasteiger partial charge in [0, 0.05) is 6.08 Å². The van der Waals surface area contributed by atoms with Gasteiger partial charge in [0.15, 0.2) is 5.78 Å². The van der Waals surface area contributed by atoms with Crippen LogP contribution < -0.4 is 0 Å². The van der Waals surface area contributed by atoms with Crippen LogP contribution in [0.1, 0.15) is 46.0 Å². The minimum Gasteiger partial charge on any atom is -0.465 e. The maximum atomic E-state index is 11.4. The highest BCUT2D eigenvalue weighted by Gasteiger charge is 2.12. The topological polar surface area (TPSA) is 43.4 Å². The number of allylic oxidation sites excluding steroid dienone is 1. The van der Waals surface area contributed by atoms with Crippen molar-refractivity contribution < 1.29 is 14.3 Å². The van der Waals surface area contributed by atoms with Gasteiger partial charge >= 0.3 is 5.97 Å². The molecule has 0 aromatic carbocycles. The summed E-state index contributed by atoms with van der Waals surface area (Å²) in [5.41, 5.74) is 0. The predicted molar refractivity (Wildman–Crippen MR) is 73.7 cm³/mol. The summed E-state index contributed by atoms with van der Waals surface area (Å²) in [4.78, 5) is 22.6. The van der Waals surface area contributed by atoms with Gasteiger partial charge in [-0.05, 0) is 12.3 Å². The van der Waals surface area contributed by atoms with Crippen molar-refractivity contribution in [3.8, 4) is 0 Å². The molecule has 1 unspecified atom stereocenters. The van der Waals surface area contributed by atoms with Crippen LogP contribution in [0, 0.1) is 5.92 Å². The molecule has 0 saturated heterocycles. The second kappa shape index (κ2) is 10.4. The van der Waals surface area contributed by atoms with Crippen LogP contribution in [-0.4, -0.2) is 18.4 Å². The molecule has 0 aliphatic heterocycles. The number of esters is 1. The summed E-state index contributed by atoms with van der Waals surface area (Å²) < 4.78 is 4.92. The van der Waals surface area contributed by atoms with Gasteiger partial charge in [-0.25, -0.2) is 0 Å². The van der Waals surface area contributed by atoms with Crippen molar-refractivity contribution in [3.63, 3.8) is 0 Å². The Bertz CT molecular complexity index is 297. The van der Waals surface area contributed by atoms with Gasteiger partial charge in [0.2, 0.25) is 0 Å². The molecule has 0 heterocycles. The molecule has 3 nitrogen and oxygen atoms in total. The molecule has 0 aliphatic rings. The first-order valence-electron chi connectivity index (χ1n) is 6.20. The van der Waals surface area contributed by atoms with E-state index in [-0.39, 0.29) is 10.9 Å². The number of hydrogen-bond donors (Lipinski definition) is 0. The van der Waals surface area contributed by atoms with Crippen LogP contribution in [0.2, 0.25) is 0 Å². The third-order valence-electron chi connectivity index (χ3n) is 2.61. The van der Waals surface area contributed by atoms with Crippen LogP contribution in [0.15, 0.2) is 10.6 Å². The van der Waals surface area contributed by atoms with Gasteiger partial charge in [-0.3, -0.25) is 9.59 Å². The zero-order chi connectivity index (χ0) is 14.0. The average Bonchev–Trinajstić information content (AvgIpc) is 2.28. The minimum atomic E-state index is -0.527. The third kappa shape index (κ3) is 9.49. The van der Waals surface area contributed by atoms with Gasteiger partial charge in [0.25, 0.3) is 0 Å². The first-order valence-corrected chi connectivity index (χ1v) is 6.96. The number of halogens is 2. The van der Waals surface area contributed by atoms with E-state index in [9.17, 15) is 9.59 Å². The Kier molecular flexibility index (Phi) is 10.1. The van der Waals surface area contributed by atoms with Gasteiger partial charge in [0.05, 0.1) is 6.61 Å². The molecule has 0 N–H and O–H groups in total. The van der Waals surface area contributed by atoms with E-state index in [0.29, 0.717) is 12.5 Å². The van der Waals surface area contributed by atoms with E-state index in [1.54, 1.807) is 0 Å². The summed E-state index contributed by atoms with van der Waals surface area (Å²) in [7, 11) is 0. The zero-order valence-corrected chi connectivity index (χ0v) is 12.4. The van der Waals surface area contributed by atoms with Crippen molar-refractivity contribution in [3.05, 3.63) is 10.6 Å². The Morgan fingerprint density at radius 2 is 1.94 bits per heavy atom. The monoisotopic (exact) mass is 294 g/mol. The number of carbonyl (C=O) groups is 2. The van der Waals surface area contributed by atoms with E-state index >= 15 is 0 Å². The molecule has 18 heavy (non-hydrogen) atoms. The van der Waals surface area contributed by atoms with E-state index in [0.717, 1.165) is 31.8 Å². The fourth-order valence-corrected chi connectivity index (χ4v) is 1.72. The fraction of sp³-hybridized carbons (Fsp3) is 0.692. The largest absolute Gasteiger partial charge is 0.465 e. The van der Waals surface area contributed by atoms with Crippen molar-refractivity contribution in [2.45, 2.75) is 46.0 Å².